The third kappa shape index (κ3) is 3.99. The van der Waals surface area contributed by atoms with E-state index in [0.717, 1.165) is 25.4 Å². The molecule has 1 aromatic heterocycles. The third-order valence-electron chi connectivity index (χ3n) is 4.97. The largest absolute Gasteiger partial charge is 0.389 e. The number of sulfonamides is 1. The number of halogens is 1. The van der Waals surface area contributed by atoms with Gasteiger partial charge in [0.25, 0.3) is 0 Å². The Morgan fingerprint density at radius 1 is 0.931 bits per heavy atom. The predicted molar refractivity (Wildman–Crippen MR) is 127 cm³/mol. The number of para-hydroxylation sites is 3. The number of fused-ring (bicyclic) bond motifs is 3. The van der Waals surface area contributed by atoms with Crippen LogP contribution in [0.5, 0.6) is 0 Å². The summed E-state index contributed by atoms with van der Waals surface area (Å²) in [4.78, 5) is 0. The van der Waals surface area contributed by atoms with E-state index in [4.69, 9.17) is 0 Å². The fourth-order valence-corrected chi connectivity index (χ4v) is 5.53. The van der Waals surface area contributed by atoms with Gasteiger partial charge in [-0.15, -0.1) is 0 Å². The first-order chi connectivity index (χ1) is 13.9. The second-order valence-corrected chi connectivity index (χ2v) is 10.1. The van der Waals surface area contributed by atoms with Gasteiger partial charge in [-0.05, 0) is 46.9 Å². The second kappa shape index (κ2) is 7.97. The lowest BCUT2D eigenvalue weighted by Gasteiger charge is -2.26. The average molecular weight is 520 g/mol. The van der Waals surface area contributed by atoms with Crippen molar-refractivity contribution in [3.8, 4) is 0 Å². The van der Waals surface area contributed by atoms with Gasteiger partial charge in [-0.1, -0.05) is 48.5 Å². The molecular weight excluding hydrogens is 499 g/mol. The van der Waals surface area contributed by atoms with Crippen molar-refractivity contribution in [2.45, 2.75) is 12.6 Å². The number of rotatable bonds is 6. The van der Waals surface area contributed by atoms with Gasteiger partial charge in [-0.3, -0.25) is 4.31 Å². The van der Waals surface area contributed by atoms with Crippen molar-refractivity contribution in [3.05, 3.63) is 76.4 Å². The maximum absolute atomic E-state index is 12.5. The molecule has 0 saturated heterocycles. The summed E-state index contributed by atoms with van der Waals surface area (Å²) in [5.74, 6) is 0. The fourth-order valence-electron chi connectivity index (χ4n) is 3.73. The summed E-state index contributed by atoms with van der Waals surface area (Å²) < 4.78 is 29.1. The minimum absolute atomic E-state index is 0.0142. The van der Waals surface area contributed by atoms with Gasteiger partial charge in [0.05, 0.1) is 31.1 Å². The van der Waals surface area contributed by atoms with Crippen molar-refractivity contribution >= 4 is 60.1 Å². The van der Waals surface area contributed by atoms with Crippen LogP contribution in [0.1, 0.15) is 0 Å². The van der Waals surface area contributed by atoms with Gasteiger partial charge in [0.15, 0.2) is 0 Å². The first kappa shape index (κ1) is 20.2. The molecular formula is C22H21IN2O3S. The molecule has 1 atom stereocenters. The number of nitrogens with zero attached hydrogens (tertiary/aromatic N) is 2. The molecule has 29 heavy (non-hydrogen) atoms. The summed E-state index contributed by atoms with van der Waals surface area (Å²) in [7, 11) is -3.54. The van der Waals surface area contributed by atoms with Crippen molar-refractivity contribution in [2.24, 2.45) is 0 Å². The molecule has 0 amide bonds. The average Bonchev–Trinajstić information content (AvgIpc) is 3.00. The van der Waals surface area contributed by atoms with Gasteiger partial charge >= 0.3 is 0 Å². The number of aliphatic hydroxyl groups is 1. The zero-order valence-corrected chi connectivity index (χ0v) is 18.8. The highest BCUT2D eigenvalue weighted by molar-refractivity contribution is 14.1. The minimum Gasteiger partial charge on any atom is -0.389 e. The van der Waals surface area contributed by atoms with E-state index in [1.807, 2.05) is 48.5 Å². The Morgan fingerprint density at radius 3 is 2.00 bits per heavy atom. The number of hydrogen-bond acceptors (Lipinski definition) is 3. The van der Waals surface area contributed by atoms with E-state index in [-0.39, 0.29) is 6.54 Å². The molecule has 4 rings (SSSR count). The lowest BCUT2D eigenvalue weighted by molar-refractivity contribution is 0.166. The topological polar surface area (TPSA) is 62.5 Å². The van der Waals surface area contributed by atoms with E-state index in [2.05, 4.69) is 39.3 Å². The maximum Gasteiger partial charge on any atom is 0.232 e. The number of benzene rings is 3. The van der Waals surface area contributed by atoms with Gasteiger partial charge in [0.2, 0.25) is 10.0 Å². The zero-order chi connectivity index (χ0) is 20.6. The van der Waals surface area contributed by atoms with Crippen LogP contribution in [-0.2, 0) is 16.6 Å². The summed E-state index contributed by atoms with van der Waals surface area (Å²) in [5.41, 5.74) is 2.62. The quantitative estimate of drug-likeness (QED) is 0.388. The van der Waals surface area contributed by atoms with Crippen LogP contribution in [0.4, 0.5) is 5.69 Å². The normalized spacial score (nSPS) is 13.1. The summed E-state index contributed by atoms with van der Waals surface area (Å²) >= 11 is 2.11. The van der Waals surface area contributed by atoms with Crippen LogP contribution in [0.3, 0.4) is 0 Å². The van der Waals surface area contributed by atoms with E-state index in [1.165, 1.54) is 10.6 Å². The summed E-state index contributed by atoms with van der Waals surface area (Å²) in [6.07, 6.45) is 0.295. The number of hydrogen-bond donors (Lipinski definition) is 1. The Balaban J connectivity index is 1.70. The van der Waals surface area contributed by atoms with Gasteiger partial charge in [0, 0.05) is 25.4 Å². The smallest absolute Gasteiger partial charge is 0.232 e. The van der Waals surface area contributed by atoms with Gasteiger partial charge in [-0.25, -0.2) is 8.42 Å². The van der Waals surface area contributed by atoms with E-state index >= 15 is 0 Å². The summed E-state index contributed by atoms with van der Waals surface area (Å²) in [6, 6.07) is 23.4. The first-order valence-corrected chi connectivity index (χ1v) is 12.2. The van der Waals surface area contributed by atoms with Gasteiger partial charge in [-0.2, -0.15) is 0 Å². The van der Waals surface area contributed by atoms with Crippen molar-refractivity contribution < 1.29 is 13.5 Å². The highest BCUT2D eigenvalue weighted by Gasteiger charge is 2.24. The van der Waals surface area contributed by atoms with Crippen molar-refractivity contribution in [3.63, 3.8) is 0 Å². The SMILES string of the molecule is CS(=O)(=O)N(CC(O)Cn1c2ccccc2c2ccccc21)c1ccccc1I. The molecule has 3 aromatic carbocycles. The fraction of sp³-hybridized carbons (Fsp3) is 0.182. The van der Waals surface area contributed by atoms with Crippen LogP contribution < -0.4 is 4.31 Å². The van der Waals surface area contributed by atoms with Crippen LogP contribution in [0.25, 0.3) is 21.8 Å². The molecule has 7 heteroatoms. The van der Waals surface area contributed by atoms with Crippen LogP contribution in [0, 0.1) is 3.57 Å². The lowest BCUT2D eigenvalue weighted by Crippen LogP contribution is -2.39. The van der Waals surface area contributed by atoms with E-state index in [1.54, 1.807) is 12.1 Å². The molecule has 5 nitrogen and oxygen atoms in total. The van der Waals surface area contributed by atoms with Crippen LogP contribution in [-0.4, -0.2) is 37.0 Å². The number of anilines is 1. The Labute approximate surface area is 183 Å². The Morgan fingerprint density at radius 2 is 1.45 bits per heavy atom. The zero-order valence-electron chi connectivity index (χ0n) is 15.9. The van der Waals surface area contributed by atoms with Crippen LogP contribution in [0.15, 0.2) is 72.8 Å². The number of aromatic nitrogens is 1. The van der Waals surface area contributed by atoms with E-state index in [0.29, 0.717) is 12.2 Å². The molecule has 150 valence electrons. The monoisotopic (exact) mass is 520 g/mol. The van der Waals surface area contributed by atoms with Crippen LogP contribution >= 0.6 is 22.6 Å². The molecule has 0 saturated carbocycles. The Kier molecular flexibility index (Phi) is 5.54. The molecule has 0 bridgehead atoms. The molecule has 0 aliphatic rings. The van der Waals surface area contributed by atoms with Gasteiger partial charge < -0.3 is 9.67 Å². The first-order valence-electron chi connectivity index (χ1n) is 9.22. The molecule has 0 aliphatic heterocycles. The highest BCUT2D eigenvalue weighted by atomic mass is 127. The molecule has 0 fully saturated rings. The van der Waals surface area contributed by atoms with Crippen molar-refractivity contribution in [1.29, 1.82) is 0 Å². The highest BCUT2D eigenvalue weighted by Crippen LogP contribution is 2.29. The van der Waals surface area contributed by atoms with Gasteiger partial charge in [0.1, 0.15) is 0 Å². The Bertz CT molecular complexity index is 1230. The minimum atomic E-state index is -3.54. The molecule has 0 aliphatic carbocycles. The predicted octanol–water partition coefficient (Wildman–Crippen LogP) is 4.23. The molecule has 1 N–H and O–H groups in total. The molecule has 4 aromatic rings. The number of aliphatic hydroxyl groups excluding tert-OH is 1. The van der Waals surface area contributed by atoms with Crippen LogP contribution in [0.2, 0.25) is 0 Å². The van der Waals surface area contributed by atoms with E-state index < -0.39 is 16.1 Å². The second-order valence-electron chi connectivity index (χ2n) is 7.04. The van der Waals surface area contributed by atoms with Crippen molar-refractivity contribution in [2.75, 3.05) is 17.1 Å². The molecule has 0 radical (unpaired) electrons. The summed E-state index contributed by atoms with van der Waals surface area (Å²) in [6.45, 7) is 0.281. The lowest BCUT2D eigenvalue weighted by atomic mass is 10.2. The molecule has 1 unspecified atom stereocenters. The molecule has 1 heterocycles. The third-order valence-corrected chi connectivity index (χ3v) is 7.03. The summed E-state index contributed by atoms with van der Waals surface area (Å²) in [5, 5.41) is 13.1. The molecule has 0 spiro atoms. The van der Waals surface area contributed by atoms with Crippen molar-refractivity contribution in [1.82, 2.24) is 4.57 Å². The maximum atomic E-state index is 12.5. The standard InChI is InChI=1S/C22H21IN2O3S/c1-29(27,28)25(22-13-7-4-10-19(22)23)15-16(26)14-24-20-11-5-2-8-17(20)18-9-3-6-12-21(18)24/h2-13,16,26H,14-15H2,1H3. The Hall–Kier alpha value is -2.10. The van der Waals surface area contributed by atoms with E-state index in [9.17, 15) is 13.5 Å².